The molecule has 0 saturated carbocycles. The molecule has 1 aromatic carbocycles. The van der Waals surface area contributed by atoms with Crippen LogP contribution in [-0.4, -0.2) is 35.2 Å². The number of halogens is 1. The highest BCUT2D eigenvalue weighted by Crippen LogP contribution is 2.27. The number of hydrogen-bond acceptors (Lipinski definition) is 5. The Morgan fingerprint density at radius 3 is 2.39 bits per heavy atom. The summed E-state index contributed by atoms with van der Waals surface area (Å²) in [5.74, 6) is -1.14. The molecule has 6 heteroatoms. The first kappa shape index (κ1) is 14.6. The number of methoxy groups -OCH3 is 1. The van der Waals surface area contributed by atoms with E-state index in [-0.39, 0.29) is 16.4 Å². The van der Waals surface area contributed by atoms with E-state index in [2.05, 4.69) is 4.74 Å². The molecule has 0 radical (unpaired) electrons. The van der Waals surface area contributed by atoms with Crippen molar-refractivity contribution in [2.75, 3.05) is 7.11 Å². The second-order valence-corrected chi connectivity index (χ2v) is 4.11. The lowest BCUT2D eigenvalue weighted by molar-refractivity contribution is -0.156. The molecule has 5 nitrogen and oxygen atoms in total. The molecule has 0 bridgehead atoms. The summed E-state index contributed by atoms with van der Waals surface area (Å²) in [6, 6.07) is 4.21. The molecule has 0 aromatic heterocycles. The Hall–Kier alpha value is -1.43. The van der Waals surface area contributed by atoms with Crippen molar-refractivity contribution in [1.82, 2.24) is 0 Å². The predicted molar refractivity (Wildman–Crippen MR) is 64.4 cm³/mol. The van der Waals surface area contributed by atoms with Crippen molar-refractivity contribution in [3.8, 4) is 0 Å². The molecule has 1 aromatic rings. The van der Waals surface area contributed by atoms with Crippen LogP contribution in [0.2, 0.25) is 5.02 Å². The number of aliphatic hydroxyl groups is 2. The average Bonchev–Trinajstić information content (AvgIpc) is 2.35. The monoisotopic (exact) mass is 272 g/mol. The Labute approximate surface area is 109 Å². The van der Waals surface area contributed by atoms with E-state index in [0.29, 0.717) is 5.56 Å². The summed E-state index contributed by atoms with van der Waals surface area (Å²) in [6.45, 7) is 1.38. The van der Waals surface area contributed by atoms with E-state index in [1.807, 2.05) is 0 Å². The molecule has 0 saturated heterocycles. The van der Waals surface area contributed by atoms with Gasteiger partial charge in [-0.05, 0) is 13.0 Å². The molecule has 2 atom stereocenters. The first-order chi connectivity index (χ1) is 8.38. The minimum atomic E-state index is -1.73. The molecule has 2 unspecified atom stereocenters. The zero-order valence-electron chi connectivity index (χ0n) is 9.88. The Morgan fingerprint density at radius 2 is 1.94 bits per heavy atom. The Bertz CT molecular complexity index is 472. The maximum absolute atomic E-state index is 11.1. The van der Waals surface area contributed by atoms with Crippen LogP contribution in [0.1, 0.15) is 28.9 Å². The van der Waals surface area contributed by atoms with E-state index in [4.69, 9.17) is 11.6 Å². The largest absolute Gasteiger partial charge is 0.467 e. The fourth-order valence-electron chi connectivity index (χ4n) is 1.41. The highest BCUT2D eigenvalue weighted by Gasteiger charge is 2.28. The van der Waals surface area contributed by atoms with Crippen molar-refractivity contribution in [3.63, 3.8) is 0 Å². The smallest absolute Gasteiger partial charge is 0.337 e. The number of aliphatic hydroxyl groups excluding tert-OH is 2. The van der Waals surface area contributed by atoms with Crippen molar-refractivity contribution >= 4 is 23.4 Å². The van der Waals surface area contributed by atoms with Gasteiger partial charge in [0.1, 0.15) is 6.10 Å². The van der Waals surface area contributed by atoms with Gasteiger partial charge in [0.15, 0.2) is 11.9 Å². The molecule has 1 rings (SSSR count). The molecular weight excluding hydrogens is 260 g/mol. The van der Waals surface area contributed by atoms with Gasteiger partial charge in [-0.2, -0.15) is 0 Å². The van der Waals surface area contributed by atoms with Crippen molar-refractivity contribution < 1.29 is 24.5 Å². The Kier molecular flexibility index (Phi) is 4.84. The van der Waals surface area contributed by atoms with E-state index < -0.39 is 18.2 Å². The standard InChI is InChI=1S/C12H13ClO5/c1-6(14)7-3-4-8(9(13)5-7)10(15)11(16)12(17)18-2/h3-5,10-11,15-16H,1-2H3. The lowest BCUT2D eigenvalue weighted by atomic mass is 10.0. The SMILES string of the molecule is COC(=O)C(O)C(O)c1ccc(C(C)=O)cc1Cl. The molecule has 0 spiro atoms. The summed E-state index contributed by atoms with van der Waals surface area (Å²) in [5, 5.41) is 19.4. The van der Waals surface area contributed by atoms with E-state index >= 15 is 0 Å². The molecule has 0 aliphatic carbocycles. The minimum absolute atomic E-state index is 0.0955. The van der Waals surface area contributed by atoms with Crippen LogP contribution < -0.4 is 0 Å². The highest BCUT2D eigenvalue weighted by molar-refractivity contribution is 6.31. The lowest BCUT2D eigenvalue weighted by Crippen LogP contribution is -2.29. The molecule has 0 aliphatic rings. The van der Waals surface area contributed by atoms with Crippen molar-refractivity contribution in [1.29, 1.82) is 0 Å². The van der Waals surface area contributed by atoms with Gasteiger partial charge in [-0.25, -0.2) is 4.79 Å². The van der Waals surface area contributed by atoms with E-state index in [0.717, 1.165) is 7.11 Å². The lowest BCUT2D eigenvalue weighted by Gasteiger charge is -2.17. The summed E-state index contributed by atoms with van der Waals surface area (Å²) in [7, 11) is 1.10. The summed E-state index contributed by atoms with van der Waals surface area (Å²) in [5.41, 5.74) is 0.531. The van der Waals surface area contributed by atoms with Crippen LogP contribution in [0, 0.1) is 0 Å². The first-order valence-corrected chi connectivity index (χ1v) is 5.50. The quantitative estimate of drug-likeness (QED) is 0.634. The maximum Gasteiger partial charge on any atom is 0.337 e. The molecule has 0 aliphatic heterocycles. The van der Waals surface area contributed by atoms with Crippen LogP contribution in [-0.2, 0) is 9.53 Å². The Balaban J connectivity index is 3.03. The van der Waals surface area contributed by atoms with Crippen LogP contribution in [0.25, 0.3) is 0 Å². The predicted octanol–water partition coefficient (Wildman–Crippen LogP) is 1.11. The normalized spacial score (nSPS) is 13.8. The number of Topliss-reactive ketones (excluding diaryl/α,β-unsaturated/α-hetero) is 1. The van der Waals surface area contributed by atoms with E-state index in [1.165, 1.54) is 25.1 Å². The second kappa shape index (κ2) is 5.95. The fourth-order valence-corrected chi connectivity index (χ4v) is 1.70. The van der Waals surface area contributed by atoms with Gasteiger partial charge in [-0.3, -0.25) is 4.79 Å². The van der Waals surface area contributed by atoms with Crippen molar-refractivity contribution in [2.24, 2.45) is 0 Å². The highest BCUT2D eigenvalue weighted by atomic mass is 35.5. The van der Waals surface area contributed by atoms with E-state index in [9.17, 15) is 19.8 Å². The number of carbonyl (C=O) groups is 2. The number of benzene rings is 1. The van der Waals surface area contributed by atoms with Crippen molar-refractivity contribution in [3.05, 3.63) is 34.3 Å². The topological polar surface area (TPSA) is 83.8 Å². The molecule has 18 heavy (non-hydrogen) atoms. The van der Waals surface area contributed by atoms with E-state index in [1.54, 1.807) is 0 Å². The van der Waals surface area contributed by atoms with Gasteiger partial charge < -0.3 is 14.9 Å². The van der Waals surface area contributed by atoms with Gasteiger partial charge in [-0.1, -0.05) is 23.7 Å². The maximum atomic E-state index is 11.1. The van der Waals surface area contributed by atoms with Gasteiger partial charge in [-0.15, -0.1) is 0 Å². The van der Waals surface area contributed by atoms with Gasteiger partial charge in [0, 0.05) is 16.1 Å². The third-order valence-corrected chi connectivity index (χ3v) is 2.79. The van der Waals surface area contributed by atoms with Crippen LogP contribution in [0.15, 0.2) is 18.2 Å². The van der Waals surface area contributed by atoms with Gasteiger partial charge in [0.05, 0.1) is 7.11 Å². The number of hydrogen-bond donors (Lipinski definition) is 2. The number of esters is 1. The summed E-state index contributed by atoms with van der Waals surface area (Å²) >= 11 is 5.88. The second-order valence-electron chi connectivity index (χ2n) is 3.71. The third-order valence-electron chi connectivity index (χ3n) is 2.47. The molecule has 0 heterocycles. The Morgan fingerprint density at radius 1 is 1.33 bits per heavy atom. The van der Waals surface area contributed by atoms with Gasteiger partial charge in [0.2, 0.25) is 0 Å². The van der Waals surface area contributed by atoms with Crippen LogP contribution in [0.5, 0.6) is 0 Å². The zero-order chi connectivity index (χ0) is 13.9. The molecule has 0 fully saturated rings. The van der Waals surface area contributed by atoms with Gasteiger partial charge >= 0.3 is 5.97 Å². The average molecular weight is 273 g/mol. The molecule has 0 amide bonds. The van der Waals surface area contributed by atoms with Crippen LogP contribution in [0.4, 0.5) is 0 Å². The van der Waals surface area contributed by atoms with Crippen LogP contribution in [0.3, 0.4) is 0 Å². The number of ether oxygens (including phenoxy) is 1. The number of ketones is 1. The molecular formula is C12H13ClO5. The summed E-state index contributed by atoms with van der Waals surface area (Å²) < 4.78 is 4.31. The van der Waals surface area contributed by atoms with Crippen LogP contribution >= 0.6 is 11.6 Å². The fraction of sp³-hybridized carbons (Fsp3) is 0.333. The summed E-state index contributed by atoms with van der Waals surface area (Å²) in [6.07, 6.45) is -3.23. The third kappa shape index (κ3) is 3.07. The minimum Gasteiger partial charge on any atom is -0.467 e. The number of rotatable bonds is 4. The van der Waals surface area contributed by atoms with Gasteiger partial charge in [0.25, 0.3) is 0 Å². The summed E-state index contributed by atoms with van der Waals surface area (Å²) in [4.78, 5) is 22.2. The van der Waals surface area contributed by atoms with Crippen molar-refractivity contribution in [2.45, 2.75) is 19.1 Å². The zero-order valence-corrected chi connectivity index (χ0v) is 10.6. The number of carbonyl (C=O) groups excluding carboxylic acids is 2. The first-order valence-electron chi connectivity index (χ1n) is 5.12. The molecule has 98 valence electrons. The molecule has 2 N–H and O–H groups in total.